The van der Waals surface area contributed by atoms with Crippen LogP contribution in [0.3, 0.4) is 0 Å². The molecule has 1 N–H and O–H groups in total. The van der Waals surface area contributed by atoms with E-state index in [0.717, 1.165) is 32.4 Å². The van der Waals surface area contributed by atoms with Crippen LogP contribution in [0.1, 0.15) is 47.0 Å². The lowest BCUT2D eigenvalue weighted by atomic mass is 9.76. The van der Waals surface area contributed by atoms with Gasteiger partial charge in [0, 0.05) is 12.6 Å². The minimum atomic E-state index is -0.113. The van der Waals surface area contributed by atoms with Crippen LogP contribution < -0.4 is 0 Å². The summed E-state index contributed by atoms with van der Waals surface area (Å²) in [6, 6.07) is 0.504. The molecule has 1 rings (SSSR count). The average molecular weight is 257 g/mol. The Morgan fingerprint density at radius 1 is 1.22 bits per heavy atom. The fourth-order valence-corrected chi connectivity index (χ4v) is 3.03. The van der Waals surface area contributed by atoms with E-state index >= 15 is 0 Å². The molecule has 0 aromatic carbocycles. The van der Waals surface area contributed by atoms with Crippen molar-refractivity contribution in [3.8, 4) is 0 Å². The molecule has 0 aliphatic heterocycles. The van der Waals surface area contributed by atoms with Gasteiger partial charge < -0.3 is 14.7 Å². The average Bonchev–Trinajstić information content (AvgIpc) is 2.27. The Bertz CT molecular complexity index is 231. The third kappa shape index (κ3) is 4.87. The molecule has 0 aromatic heterocycles. The summed E-state index contributed by atoms with van der Waals surface area (Å²) in [7, 11) is 2.17. The summed E-state index contributed by atoms with van der Waals surface area (Å²) in [4.78, 5) is 2.38. The molecule has 3 unspecified atom stereocenters. The van der Waals surface area contributed by atoms with Gasteiger partial charge in [-0.05, 0) is 52.0 Å². The van der Waals surface area contributed by atoms with Crippen molar-refractivity contribution in [3.05, 3.63) is 0 Å². The van der Waals surface area contributed by atoms with Crippen molar-refractivity contribution in [3.63, 3.8) is 0 Å². The molecule has 3 heteroatoms. The second kappa shape index (κ2) is 7.46. The smallest absolute Gasteiger partial charge is 0.0596 e. The summed E-state index contributed by atoms with van der Waals surface area (Å²) in [5, 5.41) is 9.88. The van der Waals surface area contributed by atoms with E-state index in [4.69, 9.17) is 4.74 Å². The van der Waals surface area contributed by atoms with Crippen LogP contribution in [-0.2, 0) is 4.74 Å². The molecular formula is C15H31NO2. The molecule has 0 saturated heterocycles. The monoisotopic (exact) mass is 257 g/mol. The molecule has 0 aromatic rings. The molecule has 0 bridgehead atoms. The predicted octanol–water partition coefficient (Wildman–Crippen LogP) is 2.53. The maximum absolute atomic E-state index is 9.88. The third-order valence-corrected chi connectivity index (χ3v) is 4.16. The minimum Gasteiger partial charge on any atom is -0.393 e. The van der Waals surface area contributed by atoms with E-state index in [9.17, 15) is 5.11 Å². The summed E-state index contributed by atoms with van der Waals surface area (Å²) in [5.74, 6) is 1.40. The Kier molecular flexibility index (Phi) is 6.61. The number of likely N-dealkylation sites (N-methyl/N-ethyl adjacent to an activating group) is 1. The fourth-order valence-electron chi connectivity index (χ4n) is 3.03. The largest absolute Gasteiger partial charge is 0.393 e. The van der Waals surface area contributed by atoms with E-state index in [2.05, 4.69) is 39.6 Å². The molecule has 1 aliphatic carbocycles. The first kappa shape index (κ1) is 15.9. The van der Waals surface area contributed by atoms with Crippen LogP contribution >= 0.6 is 0 Å². The van der Waals surface area contributed by atoms with E-state index in [1.54, 1.807) is 0 Å². The first-order valence-corrected chi connectivity index (χ1v) is 7.41. The lowest BCUT2D eigenvalue weighted by molar-refractivity contribution is 0.00162. The number of aliphatic hydroxyl groups is 1. The summed E-state index contributed by atoms with van der Waals surface area (Å²) < 4.78 is 5.62. The molecule has 0 spiro atoms. The van der Waals surface area contributed by atoms with Gasteiger partial charge in [-0.3, -0.25) is 0 Å². The number of hydrogen-bond acceptors (Lipinski definition) is 3. The van der Waals surface area contributed by atoms with Crippen molar-refractivity contribution < 1.29 is 9.84 Å². The zero-order valence-electron chi connectivity index (χ0n) is 12.7. The third-order valence-electron chi connectivity index (χ3n) is 4.16. The van der Waals surface area contributed by atoms with Crippen molar-refractivity contribution in [2.45, 2.75) is 65.2 Å². The quantitative estimate of drug-likeness (QED) is 0.793. The Balaban J connectivity index is 2.47. The van der Waals surface area contributed by atoms with Crippen molar-refractivity contribution in [1.82, 2.24) is 4.90 Å². The van der Waals surface area contributed by atoms with Crippen molar-refractivity contribution in [1.29, 1.82) is 0 Å². The first-order chi connectivity index (χ1) is 8.41. The molecule has 1 saturated carbocycles. The molecule has 0 heterocycles. The summed E-state index contributed by atoms with van der Waals surface area (Å²) in [6.07, 6.45) is 3.23. The molecule has 1 fully saturated rings. The Morgan fingerprint density at radius 3 is 2.44 bits per heavy atom. The van der Waals surface area contributed by atoms with Crippen molar-refractivity contribution in [2.24, 2.45) is 11.8 Å². The lowest BCUT2D eigenvalue weighted by Crippen LogP contribution is -2.46. The Labute approximate surface area is 113 Å². The molecule has 0 amide bonds. The topological polar surface area (TPSA) is 32.7 Å². The highest BCUT2D eigenvalue weighted by molar-refractivity contribution is 4.87. The van der Waals surface area contributed by atoms with E-state index in [-0.39, 0.29) is 6.10 Å². The van der Waals surface area contributed by atoms with E-state index in [0.29, 0.717) is 24.0 Å². The van der Waals surface area contributed by atoms with Gasteiger partial charge in [-0.15, -0.1) is 0 Å². The van der Waals surface area contributed by atoms with Crippen LogP contribution in [0.2, 0.25) is 0 Å². The number of ether oxygens (including phenoxy) is 1. The lowest BCUT2D eigenvalue weighted by Gasteiger charge is -2.42. The zero-order valence-corrected chi connectivity index (χ0v) is 12.7. The van der Waals surface area contributed by atoms with Crippen LogP contribution in [0.5, 0.6) is 0 Å². The van der Waals surface area contributed by atoms with Gasteiger partial charge >= 0.3 is 0 Å². The van der Waals surface area contributed by atoms with Crippen LogP contribution in [-0.4, -0.2) is 48.5 Å². The molecule has 3 atom stereocenters. The molecular weight excluding hydrogens is 226 g/mol. The van der Waals surface area contributed by atoms with Crippen molar-refractivity contribution in [2.75, 3.05) is 20.2 Å². The van der Waals surface area contributed by atoms with Gasteiger partial charge in [0.2, 0.25) is 0 Å². The van der Waals surface area contributed by atoms with Gasteiger partial charge in [0.05, 0.1) is 18.8 Å². The van der Waals surface area contributed by atoms with Gasteiger partial charge in [-0.25, -0.2) is 0 Å². The SMILES string of the molecule is CC(C)OCCN(C)C1CC(O)CCC1C(C)C. The number of rotatable bonds is 6. The Hall–Kier alpha value is -0.120. The van der Waals surface area contributed by atoms with Gasteiger partial charge in [-0.2, -0.15) is 0 Å². The highest BCUT2D eigenvalue weighted by Gasteiger charge is 2.33. The maximum atomic E-state index is 9.88. The summed E-state index contributed by atoms with van der Waals surface area (Å²) >= 11 is 0. The standard InChI is InChI=1S/C15H31NO2/c1-11(2)14-7-6-13(17)10-15(14)16(5)8-9-18-12(3)4/h11-15,17H,6-10H2,1-5H3. The van der Waals surface area contributed by atoms with Crippen LogP contribution in [0.4, 0.5) is 0 Å². The molecule has 18 heavy (non-hydrogen) atoms. The normalized spacial score (nSPS) is 29.5. The van der Waals surface area contributed by atoms with Crippen LogP contribution in [0.15, 0.2) is 0 Å². The van der Waals surface area contributed by atoms with Gasteiger partial charge in [-0.1, -0.05) is 13.8 Å². The van der Waals surface area contributed by atoms with Crippen molar-refractivity contribution >= 4 is 0 Å². The first-order valence-electron chi connectivity index (χ1n) is 7.41. The molecule has 1 aliphatic rings. The second-order valence-corrected chi connectivity index (χ2v) is 6.34. The Morgan fingerprint density at radius 2 is 1.89 bits per heavy atom. The number of aliphatic hydroxyl groups excluding tert-OH is 1. The summed E-state index contributed by atoms with van der Waals surface area (Å²) in [6.45, 7) is 10.5. The van der Waals surface area contributed by atoms with Crippen LogP contribution in [0, 0.1) is 11.8 Å². The number of nitrogens with zero attached hydrogens (tertiary/aromatic N) is 1. The molecule has 108 valence electrons. The minimum absolute atomic E-state index is 0.113. The van der Waals surface area contributed by atoms with E-state index < -0.39 is 0 Å². The molecule has 3 nitrogen and oxygen atoms in total. The van der Waals surface area contributed by atoms with E-state index in [1.807, 2.05) is 0 Å². The highest BCUT2D eigenvalue weighted by atomic mass is 16.5. The summed E-state index contributed by atoms with van der Waals surface area (Å²) in [5.41, 5.74) is 0. The second-order valence-electron chi connectivity index (χ2n) is 6.34. The van der Waals surface area contributed by atoms with Crippen LogP contribution in [0.25, 0.3) is 0 Å². The predicted molar refractivity (Wildman–Crippen MR) is 75.7 cm³/mol. The zero-order chi connectivity index (χ0) is 13.7. The molecule has 0 radical (unpaired) electrons. The fraction of sp³-hybridized carbons (Fsp3) is 1.00. The highest BCUT2D eigenvalue weighted by Crippen LogP contribution is 2.33. The van der Waals surface area contributed by atoms with Gasteiger partial charge in [0.1, 0.15) is 0 Å². The number of hydrogen-bond donors (Lipinski definition) is 1. The van der Waals surface area contributed by atoms with Gasteiger partial charge in [0.15, 0.2) is 0 Å². The maximum Gasteiger partial charge on any atom is 0.0596 e. The van der Waals surface area contributed by atoms with E-state index in [1.165, 1.54) is 0 Å². The van der Waals surface area contributed by atoms with Gasteiger partial charge in [0.25, 0.3) is 0 Å².